The summed E-state index contributed by atoms with van der Waals surface area (Å²) >= 11 is 7.71. The van der Waals surface area contributed by atoms with Gasteiger partial charge in [-0.1, -0.05) is 45.7 Å². The van der Waals surface area contributed by atoms with Crippen molar-refractivity contribution < 1.29 is 9.47 Å². The molecule has 2 fully saturated rings. The molecule has 18 heavy (non-hydrogen) atoms. The molecule has 4 heteroatoms. The molecule has 0 aromatic carbocycles. The molecular formula is C14H24Br2O2. The Bertz CT molecular complexity index is 285. The fourth-order valence-corrected chi connectivity index (χ4v) is 6.10. The maximum Gasteiger partial charge on any atom is 0.160 e. The first-order valence-corrected chi connectivity index (χ1v) is 8.77. The van der Waals surface area contributed by atoms with E-state index >= 15 is 0 Å². The third kappa shape index (κ3) is 2.68. The van der Waals surface area contributed by atoms with Crippen LogP contribution >= 0.6 is 31.9 Å². The summed E-state index contributed by atoms with van der Waals surface area (Å²) in [6, 6.07) is 0. The average molecular weight is 384 g/mol. The highest BCUT2D eigenvalue weighted by atomic mass is 79.9. The van der Waals surface area contributed by atoms with Gasteiger partial charge in [-0.3, -0.25) is 0 Å². The van der Waals surface area contributed by atoms with Crippen molar-refractivity contribution in [1.82, 2.24) is 0 Å². The minimum absolute atomic E-state index is 0.0186. The molecule has 0 aromatic heterocycles. The van der Waals surface area contributed by atoms with Gasteiger partial charge < -0.3 is 9.47 Å². The van der Waals surface area contributed by atoms with Crippen molar-refractivity contribution in [3.8, 4) is 0 Å². The first-order chi connectivity index (χ1) is 8.47. The molecule has 2 aliphatic rings. The molecule has 1 aliphatic heterocycles. The quantitative estimate of drug-likeness (QED) is 0.665. The molecule has 1 saturated heterocycles. The van der Waals surface area contributed by atoms with Gasteiger partial charge in [0, 0.05) is 22.7 Å². The molecule has 1 aliphatic carbocycles. The van der Waals surface area contributed by atoms with Crippen LogP contribution in [0.2, 0.25) is 0 Å². The van der Waals surface area contributed by atoms with Crippen LogP contribution in [0.25, 0.3) is 0 Å². The van der Waals surface area contributed by atoms with Crippen molar-refractivity contribution in [3.63, 3.8) is 0 Å². The number of ether oxygens (including phenoxy) is 2. The molecular weight excluding hydrogens is 360 g/mol. The molecule has 2 rings (SSSR count). The zero-order chi connectivity index (χ0) is 13.4. The molecule has 1 saturated carbocycles. The SMILES string of the molecule is COC1OC(C)C(C)C2C1CCC(Br)C2C(C)Br. The molecule has 106 valence electrons. The second kappa shape index (κ2) is 6.11. The van der Waals surface area contributed by atoms with Gasteiger partial charge in [-0.2, -0.15) is 0 Å². The van der Waals surface area contributed by atoms with Crippen molar-refractivity contribution in [2.75, 3.05) is 7.11 Å². The number of hydrogen-bond acceptors (Lipinski definition) is 2. The minimum Gasteiger partial charge on any atom is -0.356 e. The van der Waals surface area contributed by atoms with Gasteiger partial charge in [0.1, 0.15) is 0 Å². The van der Waals surface area contributed by atoms with E-state index in [1.165, 1.54) is 12.8 Å². The second-order valence-corrected chi connectivity index (χ2v) is 8.51. The highest BCUT2D eigenvalue weighted by Gasteiger charge is 2.50. The van der Waals surface area contributed by atoms with Crippen molar-refractivity contribution in [2.24, 2.45) is 23.7 Å². The fourth-order valence-electron chi connectivity index (χ4n) is 3.89. The van der Waals surface area contributed by atoms with Gasteiger partial charge >= 0.3 is 0 Å². The van der Waals surface area contributed by atoms with Crippen LogP contribution in [0.5, 0.6) is 0 Å². The third-order valence-electron chi connectivity index (χ3n) is 4.94. The fraction of sp³-hybridized carbons (Fsp3) is 1.00. The van der Waals surface area contributed by atoms with E-state index in [1.54, 1.807) is 7.11 Å². The number of alkyl halides is 2. The van der Waals surface area contributed by atoms with Gasteiger partial charge in [0.05, 0.1) is 6.10 Å². The number of fused-ring (bicyclic) bond motifs is 1. The van der Waals surface area contributed by atoms with E-state index in [9.17, 15) is 0 Å². The van der Waals surface area contributed by atoms with Crippen LogP contribution in [-0.4, -0.2) is 29.2 Å². The Labute approximate surface area is 127 Å². The summed E-state index contributed by atoms with van der Waals surface area (Å²) < 4.78 is 11.6. The average Bonchev–Trinajstić information content (AvgIpc) is 2.33. The van der Waals surface area contributed by atoms with Crippen LogP contribution in [0.3, 0.4) is 0 Å². The van der Waals surface area contributed by atoms with Crippen LogP contribution in [0.15, 0.2) is 0 Å². The highest BCUT2D eigenvalue weighted by molar-refractivity contribution is 9.10. The summed E-state index contributed by atoms with van der Waals surface area (Å²) in [4.78, 5) is 1.14. The topological polar surface area (TPSA) is 18.5 Å². The van der Waals surface area contributed by atoms with Gasteiger partial charge in [-0.05, 0) is 37.5 Å². The Kier molecular flexibility index (Phi) is 5.18. The molecule has 0 bridgehead atoms. The van der Waals surface area contributed by atoms with E-state index in [2.05, 4.69) is 52.6 Å². The molecule has 1 heterocycles. The Morgan fingerprint density at radius 2 is 1.94 bits per heavy atom. The Balaban J connectivity index is 2.27. The zero-order valence-electron chi connectivity index (χ0n) is 11.6. The lowest BCUT2D eigenvalue weighted by molar-refractivity contribution is -0.252. The largest absolute Gasteiger partial charge is 0.356 e. The van der Waals surface area contributed by atoms with E-state index in [1.807, 2.05) is 0 Å². The summed E-state index contributed by atoms with van der Waals surface area (Å²) in [6.45, 7) is 6.79. The van der Waals surface area contributed by atoms with Gasteiger partial charge in [0.15, 0.2) is 6.29 Å². The Morgan fingerprint density at radius 1 is 1.28 bits per heavy atom. The molecule has 0 amide bonds. The highest BCUT2D eigenvalue weighted by Crippen LogP contribution is 2.51. The lowest BCUT2D eigenvalue weighted by Gasteiger charge is -2.52. The second-order valence-electron chi connectivity index (χ2n) is 5.89. The third-order valence-corrected chi connectivity index (χ3v) is 6.62. The summed E-state index contributed by atoms with van der Waals surface area (Å²) in [5.41, 5.74) is 0. The zero-order valence-corrected chi connectivity index (χ0v) is 14.8. The van der Waals surface area contributed by atoms with Gasteiger partial charge in [0.2, 0.25) is 0 Å². The first kappa shape index (κ1) is 15.3. The van der Waals surface area contributed by atoms with Crippen LogP contribution in [-0.2, 0) is 9.47 Å². The van der Waals surface area contributed by atoms with Crippen molar-refractivity contribution in [1.29, 1.82) is 0 Å². The molecule has 0 radical (unpaired) electrons. The normalized spacial score (nSPS) is 50.7. The van der Waals surface area contributed by atoms with Crippen LogP contribution in [0, 0.1) is 23.7 Å². The smallest absolute Gasteiger partial charge is 0.160 e. The summed E-state index contributed by atoms with van der Waals surface area (Å²) in [5, 5.41) is 0. The number of methoxy groups -OCH3 is 1. The predicted octanol–water partition coefficient (Wildman–Crippen LogP) is 4.20. The van der Waals surface area contributed by atoms with Gasteiger partial charge in [-0.25, -0.2) is 0 Å². The summed E-state index contributed by atoms with van der Waals surface area (Å²) in [7, 11) is 1.78. The monoisotopic (exact) mass is 382 g/mol. The maximum absolute atomic E-state index is 6.03. The van der Waals surface area contributed by atoms with Gasteiger partial charge in [0.25, 0.3) is 0 Å². The van der Waals surface area contributed by atoms with Gasteiger partial charge in [-0.15, -0.1) is 0 Å². The molecule has 2 nitrogen and oxygen atoms in total. The van der Waals surface area contributed by atoms with Crippen LogP contribution in [0.4, 0.5) is 0 Å². The van der Waals surface area contributed by atoms with E-state index in [0.717, 1.165) is 0 Å². The first-order valence-electron chi connectivity index (χ1n) is 6.93. The number of hydrogen-bond donors (Lipinski definition) is 0. The predicted molar refractivity (Wildman–Crippen MR) is 81.3 cm³/mol. The lowest BCUT2D eigenvalue weighted by Crippen LogP contribution is -2.54. The number of rotatable bonds is 2. The minimum atomic E-state index is -0.0186. The summed E-state index contributed by atoms with van der Waals surface area (Å²) in [6.07, 6.45) is 2.68. The van der Waals surface area contributed by atoms with Crippen LogP contribution < -0.4 is 0 Å². The standard InChI is InChI=1S/C14H24Br2O2/c1-7-9(3)18-14(17-4)10-5-6-11(16)13(8(2)15)12(7)10/h7-14H,5-6H2,1-4H3. The van der Waals surface area contributed by atoms with E-state index in [4.69, 9.17) is 9.47 Å². The molecule has 8 atom stereocenters. The lowest BCUT2D eigenvalue weighted by atomic mass is 9.63. The molecule has 0 spiro atoms. The molecule has 8 unspecified atom stereocenters. The molecule has 0 aromatic rings. The summed E-state index contributed by atoms with van der Waals surface area (Å²) in [5.74, 6) is 2.46. The van der Waals surface area contributed by atoms with E-state index in [0.29, 0.717) is 33.3 Å². The van der Waals surface area contributed by atoms with E-state index in [-0.39, 0.29) is 12.4 Å². The van der Waals surface area contributed by atoms with E-state index < -0.39 is 0 Å². The maximum atomic E-state index is 6.03. The van der Waals surface area contributed by atoms with Crippen LogP contribution in [0.1, 0.15) is 33.6 Å². The molecule has 0 N–H and O–H groups in total. The van der Waals surface area contributed by atoms with Crippen molar-refractivity contribution in [2.45, 2.75) is 55.7 Å². The van der Waals surface area contributed by atoms with Crippen molar-refractivity contribution >= 4 is 31.9 Å². The Hall–Kier alpha value is 0.880. The van der Waals surface area contributed by atoms with Crippen molar-refractivity contribution in [3.05, 3.63) is 0 Å². The Morgan fingerprint density at radius 3 is 2.50 bits per heavy atom. The number of halogens is 2.